The summed E-state index contributed by atoms with van der Waals surface area (Å²) < 4.78 is 11.9. The van der Waals surface area contributed by atoms with Crippen molar-refractivity contribution in [2.45, 2.75) is 19.4 Å². The van der Waals surface area contributed by atoms with Gasteiger partial charge in [-0.05, 0) is 19.4 Å². The summed E-state index contributed by atoms with van der Waals surface area (Å²) in [6.07, 6.45) is 1.69. The number of aliphatic hydroxyl groups excluding tert-OH is 1. The highest BCUT2D eigenvalue weighted by Crippen LogP contribution is 2.29. The van der Waals surface area contributed by atoms with Crippen molar-refractivity contribution < 1.29 is 19.1 Å². The second-order valence-electron chi connectivity index (χ2n) is 6.43. The van der Waals surface area contributed by atoms with Crippen molar-refractivity contribution >= 4 is 28.1 Å². The Hall–Kier alpha value is -3.25. The number of hydrogen-bond donors (Lipinski definition) is 2. The first-order valence-electron chi connectivity index (χ1n) is 8.77. The van der Waals surface area contributed by atoms with E-state index in [1.165, 1.54) is 13.2 Å². The summed E-state index contributed by atoms with van der Waals surface area (Å²) in [4.78, 5) is 26.7. The van der Waals surface area contributed by atoms with Gasteiger partial charge in [0, 0.05) is 31.0 Å². The molecule has 0 aromatic carbocycles. The second kappa shape index (κ2) is 7.64. The van der Waals surface area contributed by atoms with Crippen LogP contribution in [-0.2, 0) is 0 Å². The number of nitrogens with zero attached hydrogens (tertiary/aromatic N) is 5. The normalized spacial score (nSPS) is 16.2. The van der Waals surface area contributed by atoms with E-state index < -0.39 is 17.6 Å². The van der Waals surface area contributed by atoms with E-state index in [1.807, 2.05) is 13.0 Å². The topological polar surface area (TPSA) is 136 Å². The van der Waals surface area contributed by atoms with Gasteiger partial charge in [0.1, 0.15) is 0 Å². The third kappa shape index (κ3) is 3.71. The summed E-state index contributed by atoms with van der Waals surface area (Å²) in [6, 6.07) is 3.25. The molecule has 1 aliphatic rings. The third-order valence-corrected chi connectivity index (χ3v) is 5.28. The standard InChI is InChI=1S/C17H18N6O5S/c1-9-3-5-18-23(9)17-21-20-16(29-17)19-14(25)12-7-11(13(27-2)15(26)28-12)22-6-4-10(24)8-22/h3,5,7,10,24H,4,6,8H2,1-2H3,(H,19,20,25)/t10-/m0/s1. The zero-order valence-corrected chi connectivity index (χ0v) is 16.5. The molecule has 3 aromatic rings. The summed E-state index contributed by atoms with van der Waals surface area (Å²) in [7, 11) is 1.35. The van der Waals surface area contributed by atoms with Crippen LogP contribution in [0.4, 0.5) is 10.8 Å². The van der Waals surface area contributed by atoms with Crippen LogP contribution < -0.4 is 20.6 Å². The van der Waals surface area contributed by atoms with E-state index >= 15 is 0 Å². The number of aromatic nitrogens is 4. The van der Waals surface area contributed by atoms with Gasteiger partial charge in [0.05, 0.1) is 18.9 Å². The number of carbonyl (C=O) groups is 1. The molecular weight excluding hydrogens is 400 g/mol. The Morgan fingerprint density at radius 1 is 1.45 bits per heavy atom. The molecule has 4 rings (SSSR count). The Morgan fingerprint density at radius 3 is 2.93 bits per heavy atom. The van der Waals surface area contributed by atoms with Crippen LogP contribution in [0.25, 0.3) is 5.13 Å². The number of aryl methyl sites for hydroxylation is 1. The third-order valence-electron chi connectivity index (χ3n) is 4.47. The van der Waals surface area contributed by atoms with Crippen LogP contribution >= 0.6 is 11.3 Å². The van der Waals surface area contributed by atoms with Crippen molar-refractivity contribution in [3.05, 3.63) is 40.2 Å². The van der Waals surface area contributed by atoms with Gasteiger partial charge < -0.3 is 19.2 Å². The Balaban J connectivity index is 1.59. The fraction of sp³-hybridized carbons (Fsp3) is 0.353. The minimum absolute atomic E-state index is 0.0111. The van der Waals surface area contributed by atoms with E-state index in [0.717, 1.165) is 17.0 Å². The molecule has 1 saturated heterocycles. The lowest BCUT2D eigenvalue weighted by Gasteiger charge is -2.20. The molecule has 11 nitrogen and oxygen atoms in total. The summed E-state index contributed by atoms with van der Waals surface area (Å²) in [5, 5.41) is 25.2. The molecule has 2 N–H and O–H groups in total. The van der Waals surface area contributed by atoms with Crippen LogP contribution in [0.15, 0.2) is 27.5 Å². The van der Waals surface area contributed by atoms with Gasteiger partial charge in [-0.2, -0.15) is 5.10 Å². The van der Waals surface area contributed by atoms with Crippen LogP contribution in [0.2, 0.25) is 0 Å². The van der Waals surface area contributed by atoms with Crippen LogP contribution in [0.1, 0.15) is 22.7 Å². The number of carbonyl (C=O) groups excluding carboxylic acids is 1. The lowest BCUT2D eigenvalue weighted by molar-refractivity contribution is 0.0991. The molecule has 0 aliphatic carbocycles. The highest BCUT2D eigenvalue weighted by Gasteiger charge is 2.27. The molecule has 0 bridgehead atoms. The monoisotopic (exact) mass is 418 g/mol. The predicted octanol–water partition coefficient (Wildman–Crippen LogP) is 0.817. The van der Waals surface area contributed by atoms with Crippen LogP contribution in [0.5, 0.6) is 5.75 Å². The van der Waals surface area contributed by atoms with Gasteiger partial charge in [-0.25, -0.2) is 9.48 Å². The number of hydrogen-bond acceptors (Lipinski definition) is 10. The SMILES string of the molecule is COc1c(N2CC[C@H](O)C2)cc(C(=O)Nc2nnc(-n3nccc3C)s2)oc1=O. The van der Waals surface area contributed by atoms with Gasteiger partial charge >= 0.3 is 5.63 Å². The molecule has 152 valence electrons. The minimum Gasteiger partial charge on any atom is -0.488 e. The van der Waals surface area contributed by atoms with Gasteiger partial charge in [0.25, 0.3) is 5.91 Å². The Kier molecular flexibility index (Phi) is 5.03. The number of amides is 1. The second-order valence-corrected chi connectivity index (χ2v) is 7.39. The summed E-state index contributed by atoms with van der Waals surface area (Å²) >= 11 is 1.13. The van der Waals surface area contributed by atoms with E-state index in [0.29, 0.717) is 30.3 Å². The molecule has 1 aliphatic heterocycles. The first-order chi connectivity index (χ1) is 14.0. The number of anilines is 2. The van der Waals surface area contributed by atoms with Crippen molar-refractivity contribution in [2.24, 2.45) is 0 Å². The van der Waals surface area contributed by atoms with Crippen molar-refractivity contribution in [3.8, 4) is 10.9 Å². The fourth-order valence-corrected chi connectivity index (χ4v) is 3.80. The number of methoxy groups -OCH3 is 1. The lowest BCUT2D eigenvalue weighted by Crippen LogP contribution is -2.25. The highest BCUT2D eigenvalue weighted by molar-refractivity contribution is 7.17. The number of β-amino-alcohol motifs (C(OH)–C–C–N with tert-alkyl or cyclic N) is 1. The number of nitrogens with one attached hydrogen (secondary N) is 1. The maximum Gasteiger partial charge on any atom is 0.381 e. The molecule has 0 saturated carbocycles. The molecule has 0 radical (unpaired) electrons. The molecule has 4 heterocycles. The molecule has 0 unspecified atom stereocenters. The molecule has 0 spiro atoms. The van der Waals surface area contributed by atoms with Crippen LogP contribution in [0.3, 0.4) is 0 Å². The molecule has 1 amide bonds. The zero-order chi connectivity index (χ0) is 20.5. The van der Waals surface area contributed by atoms with Crippen molar-refractivity contribution in [3.63, 3.8) is 0 Å². The highest BCUT2D eigenvalue weighted by atomic mass is 32.1. The van der Waals surface area contributed by atoms with E-state index in [2.05, 4.69) is 20.6 Å². The Bertz CT molecular complexity index is 1110. The van der Waals surface area contributed by atoms with Gasteiger partial charge in [-0.1, -0.05) is 11.3 Å². The average molecular weight is 418 g/mol. The smallest absolute Gasteiger partial charge is 0.381 e. The molecule has 12 heteroatoms. The van der Waals surface area contributed by atoms with E-state index in [9.17, 15) is 14.7 Å². The number of ether oxygens (including phenoxy) is 1. The van der Waals surface area contributed by atoms with Gasteiger partial charge in [-0.15, -0.1) is 10.2 Å². The fourth-order valence-electron chi connectivity index (χ4n) is 3.05. The molecular formula is C17H18N6O5S. The van der Waals surface area contributed by atoms with Gasteiger partial charge in [0.2, 0.25) is 16.0 Å². The van der Waals surface area contributed by atoms with Crippen molar-refractivity contribution in [1.29, 1.82) is 0 Å². The lowest BCUT2D eigenvalue weighted by atomic mass is 10.3. The first kappa shape index (κ1) is 19.1. The van der Waals surface area contributed by atoms with E-state index in [4.69, 9.17) is 9.15 Å². The Morgan fingerprint density at radius 2 is 2.28 bits per heavy atom. The van der Waals surface area contributed by atoms with Gasteiger partial charge in [0.15, 0.2) is 5.76 Å². The van der Waals surface area contributed by atoms with Crippen LogP contribution in [-0.4, -0.2) is 57.3 Å². The van der Waals surface area contributed by atoms with E-state index in [-0.39, 0.29) is 16.6 Å². The summed E-state index contributed by atoms with van der Waals surface area (Å²) in [6.45, 7) is 2.74. The molecule has 1 atom stereocenters. The van der Waals surface area contributed by atoms with Gasteiger partial charge in [-0.3, -0.25) is 10.1 Å². The average Bonchev–Trinajstić information content (AvgIpc) is 3.42. The quantitative estimate of drug-likeness (QED) is 0.617. The van der Waals surface area contributed by atoms with Crippen LogP contribution in [0, 0.1) is 6.92 Å². The summed E-state index contributed by atoms with van der Waals surface area (Å²) in [5.74, 6) is -0.854. The largest absolute Gasteiger partial charge is 0.488 e. The first-order valence-corrected chi connectivity index (χ1v) is 9.59. The molecule has 3 aromatic heterocycles. The minimum atomic E-state index is -0.776. The molecule has 1 fully saturated rings. The number of rotatable bonds is 5. The predicted molar refractivity (Wildman–Crippen MR) is 104 cm³/mol. The van der Waals surface area contributed by atoms with Crippen molar-refractivity contribution in [2.75, 3.05) is 30.4 Å². The summed E-state index contributed by atoms with van der Waals surface area (Å²) in [5.41, 5.74) is 0.495. The number of aliphatic hydroxyl groups is 1. The maximum absolute atomic E-state index is 12.6. The molecule has 29 heavy (non-hydrogen) atoms. The van der Waals surface area contributed by atoms with E-state index in [1.54, 1.807) is 15.8 Å². The zero-order valence-electron chi connectivity index (χ0n) is 15.7. The maximum atomic E-state index is 12.6. The van der Waals surface area contributed by atoms with Crippen molar-refractivity contribution in [1.82, 2.24) is 20.0 Å². The Labute approximate surface area is 168 Å².